The minimum absolute atomic E-state index is 0.150. The summed E-state index contributed by atoms with van der Waals surface area (Å²) in [5.41, 5.74) is 0.677. The number of alkyl halides is 3. The number of hydrogen-bond acceptors (Lipinski definition) is 4. The lowest BCUT2D eigenvalue weighted by Crippen LogP contribution is -2.37. The summed E-state index contributed by atoms with van der Waals surface area (Å²) >= 11 is 0.987. The van der Waals surface area contributed by atoms with E-state index in [1.807, 2.05) is 12.1 Å². The molecule has 3 N–H and O–H groups in total. The molecule has 1 aromatic heterocycles. The van der Waals surface area contributed by atoms with Crippen LogP contribution in [0.5, 0.6) is 0 Å². The van der Waals surface area contributed by atoms with E-state index in [2.05, 4.69) is 25.9 Å². The fourth-order valence-corrected chi connectivity index (χ4v) is 2.97. The summed E-state index contributed by atoms with van der Waals surface area (Å²) in [7, 11) is 3.18. The lowest BCUT2D eigenvalue weighted by molar-refractivity contribution is -0.140. The molecule has 146 valence electrons. The number of carbonyl (C=O) groups is 1. The average Bonchev–Trinajstić information content (AvgIpc) is 3.13. The molecule has 6 nitrogen and oxygen atoms in total. The van der Waals surface area contributed by atoms with Crippen molar-refractivity contribution in [2.24, 2.45) is 4.99 Å². The number of rotatable bonds is 6. The predicted molar refractivity (Wildman–Crippen MR) is 98.9 cm³/mol. The van der Waals surface area contributed by atoms with Crippen molar-refractivity contribution < 1.29 is 18.0 Å². The molecule has 0 bridgehead atoms. The molecule has 0 radical (unpaired) electrons. The molecule has 1 amide bonds. The molecule has 1 aromatic carbocycles. The van der Waals surface area contributed by atoms with Gasteiger partial charge in [-0.05, 0) is 17.7 Å². The monoisotopic (exact) mass is 399 g/mol. The Bertz CT molecular complexity index is 787. The maximum atomic E-state index is 12.5. The lowest BCUT2D eigenvalue weighted by atomic mass is 10.1. The van der Waals surface area contributed by atoms with Gasteiger partial charge in [0.2, 0.25) is 0 Å². The fourth-order valence-electron chi connectivity index (χ4n) is 2.17. The van der Waals surface area contributed by atoms with E-state index < -0.39 is 11.9 Å². The van der Waals surface area contributed by atoms with E-state index in [4.69, 9.17) is 0 Å². The summed E-state index contributed by atoms with van der Waals surface area (Å²) in [4.78, 5) is 19.2. The van der Waals surface area contributed by atoms with Crippen molar-refractivity contribution in [3.05, 3.63) is 51.5 Å². The number of thiazole rings is 1. The second-order valence-electron chi connectivity index (χ2n) is 5.50. The molecule has 0 spiro atoms. The summed E-state index contributed by atoms with van der Waals surface area (Å²) in [6.45, 7) is 0.892. The Morgan fingerprint density at radius 3 is 2.48 bits per heavy atom. The standard InChI is InChI=1S/C17H20F3N5OS/c1-21-15(26)12-5-3-11(4-6-12)9-24-16(22-2)23-8-7-14-25-13(10-27-14)17(18,19)20/h3-6,10H,7-9H2,1-2H3,(H,21,26)(H2,22,23,24). The Labute approximate surface area is 158 Å². The Morgan fingerprint density at radius 2 is 1.93 bits per heavy atom. The van der Waals surface area contributed by atoms with Crippen molar-refractivity contribution in [3.8, 4) is 0 Å². The van der Waals surface area contributed by atoms with Crippen molar-refractivity contribution in [1.82, 2.24) is 20.9 Å². The number of hydrogen-bond donors (Lipinski definition) is 3. The van der Waals surface area contributed by atoms with E-state index in [1.165, 1.54) is 0 Å². The zero-order chi connectivity index (χ0) is 19.9. The number of aliphatic imine (C=N–C) groups is 1. The van der Waals surface area contributed by atoms with E-state index in [-0.39, 0.29) is 5.91 Å². The largest absolute Gasteiger partial charge is 0.434 e. The summed E-state index contributed by atoms with van der Waals surface area (Å²) in [5, 5.41) is 10.1. The third kappa shape index (κ3) is 6.24. The van der Waals surface area contributed by atoms with Gasteiger partial charge in [0.15, 0.2) is 11.7 Å². The second kappa shape index (κ2) is 9.36. The molecule has 0 aliphatic heterocycles. The molecular formula is C17H20F3N5OS. The van der Waals surface area contributed by atoms with Crippen molar-refractivity contribution in [2.45, 2.75) is 19.1 Å². The van der Waals surface area contributed by atoms with E-state index >= 15 is 0 Å². The van der Waals surface area contributed by atoms with Gasteiger partial charge >= 0.3 is 6.18 Å². The number of guanidine groups is 1. The van der Waals surface area contributed by atoms with Crippen molar-refractivity contribution in [1.29, 1.82) is 0 Å². The molecule has 0 aliphatic carbocycles. The highest BCUT2D eigenvalue weighted by atomic mass is 32.1. The lowest BCUT2D eigenvalue weighted by Gasteiger charge is -2.11. The van der Waals surface area contributed by atoms with Gasteiger partial charge in [-0.15, -0.1) is 11.3 Å². The van der Waals surface area contributed by atoms with Crippen LogP contribution in [0.2, 0.25) is 0 Å². The van der Waals surface area contributed by atoms with Crippen LogP contribution in [-0.2, 0) is 19.1 Å². The number of aromatic nitrogens is 1. The van der Waals surface area contributed by atoms with E-state index in [9.17, 15) is 18.0 Å². The van der Waals surface area contributed by atoms with Crippen LogP contribution in [0.25, 0.3) is 0 Å². The zero-order valence-electron chi connectivity index (χ0n) is 14.9. The van der Waals surface area contributed by atoms with Gasteiger partial charge in [0.05, 0.1) is 5.01 Å². The average molecular weight is 399 g/mol. The first kappa shape index (κ1) is 20.7. The molecule has 0 fully saturated rings. The van der Waals surface area contributed by atoms with Crippen LogP contribution in [-0.4, -0.2) is 37.5 Å². The van der Waals surface area contributed by atoms with Crippen molar-refractivity contribution in [3.63, 3.8) is 0 Å². The molecule has 0 saturated carbocycles. The van der Waals surface area contributed by atoms with Crippen LogP contribution in [0.1, 0.15) is 26.6 Å². The zero-order valence-corrected chi connectivity index (χ0v) is 15.7. The van der Waals surface area contributed by atoms with E-state index in [0.717, 1.165) is 22.3 Å². The van der Waals surface area contributed by atoms with Gasteiger partial charge in [-0.25, -0.2) is 4.98 Å². The summed E-state index contributed by atoms with van der Waals surface area (Å²) in [6.07, 6.45) is -4.05. The molecular weight excluding hydrogens is 379 g/mol. The molecule has 10 heteroatoms. The maximum Gasteiger partial charge on any atom is 0.434 e. The molecule has 2 rings (SSSR count). The van der Waals surface area contributed by atoms with Crippen LogP contribution in [0.3, 0.4) is 0 Å². The summed E-state index contributed by atoms with van der Waals surface area (Å²) in [5.74, 6) is 0.376. The first-order valence-electron chi connectivity index (χ1n) is 8.10. The van der Waals surface area contributed by atoms with Gasteiger partial charge in [0, 0.05) is 44.5 Å². The number of amides is 1. The molecule has 2 aromatic rings. The Hall–Kier alpha value is -2.62. The Balaban J connectivity index is 1.79. The van der Waals surface area contributed by atoms with Gasteiger partial charge in [-0.1, -0.05) is 12.1 Å². The van der Waals surface area contributed by atoms with Crippen LogP contribution >= 0.6 is 11.3 Å². The first-order valence-corrected chi connectivity index (χ1v) is 8.98. The van der Waals surface area contributed by atoms with Crippen LogP contribution in [0.15, 0.2) is 34.6 Å². The number of nitrogens with one attached hydrogen (secondary N) is 3. The Kier molecular flexibility index (Phi) is 7.17. The van der Waals surface area contributed by atoms with Crippen LogP contribution in [0.4, 0.5) is 13.2 Å². The minimum atomic E-state index is -4.41. The minimum Gasteiger partial charge on any atom is -0.356 e. The third-order valence-electron chi connectivity index (χ3n) is 3.60. The normalized spacial score (nSPS) is 12.0. The third-order valence-corrected chi connectivity index (χ3v) is 4.51. The topological polar surface area (TPSA) is 78.4 Å². The molecule has 0 atom stereocenters. The van der Waals surface area contributed by atoms with Gasteiger partial charge in [-0.3, -0.25) is 9.79 Å². The smallest absolute Gasteiger partial charge is 0.356 e. The molecule has 27 heavy (non-hydrogen) atoms. The molecule has 0 saturated heterocycles. The molecule has 1 heterocycles. The van der Waals surface area contributed by atoms with E-state index in [0.29, 0.717) is 36.0 Å². The highest BCUT2D eigenvalue weighted by Gasteiger charge is 2.33. The quantitative estimate of drug-likeness (QED) is 0.515. The predicted octanol–water partition coefficient (Wildman–Crippen LogP) is 2.43. The molecule has 0 aliphatic rings. The van der Waals surface area contributed by atoms with Gasteiger partial charge < -0.3 is 16.0 Å². The number of halogens is 3. The van der Waals surface area contributed by atoms with E-state index in [1.54, 1.807) is 26.2 Å². The van der Waals surface area contributed by atoms with Gasteiger partial charge in [0.25, 0.3) is 5.91 Å². The number of benzene rings is 1. The second-order valence-corrected chi connectivity index (χ2v) is 6.45. The van der Waals surface area contributed by atoms with Crippen molar-refractivity contribution >= 4 is 23.2 Å². The highest BCUT2D eigenvalue weighted by molar-refractivity contribution is 7.09. The van der Waals surface area contributed by atoms with Gasteiger partial charge in [-0.2, -0.15) is 13.2 Å². The highest BCUT2D eigenvalue weighted by Crippen LogP contribution is 2.29. The number of nitrogens with zero attached hydrogens (tertiary/aromatic N) is 2. The van der Waals surface area contributed by atoms with Crippen molar-refractivity contribution in [2.75, 3.05) is 20.6 Å². The maximum absolute atomic E-state index is 12.5. The SMILES string of the molecule is CN=C(NCCc1nc(C(F)(F)F)cs1)NCc1ccc(C(=O)NC)cc1. The molecule has 0 unspecified atom stereocenters. The summed E-state index contributed by atoms with van der Waals surface area (Å²) < 4.78 is 37.6. The van der Waals surface area contributed by atoms with Gasteiger partial charge in [0.1, 0.15) is 0 Å². The first-order chi connectivity index (χ1) is 12.8. The fraction of sp³-hybridized carbons (Fsp3) is 0.353. The van der Waals surface area contributed by atoms with Crippen LogP contribution < -0.4 is 16.0 Å². The Morgan fingerprint density at radius 1 is 1.22 bits per heavy atom. The van der Waals surface area contributed by atoms with Crippen LogP contribution in [0, 0.1) is 0 Å². The summed E-state index contributed by atoms with van der Waals surface area (Å²) in [6, 6.07) is 7.12. The number of carbonyl (C=O) groups excluding carboxylic acids is 1.